The Morgan fingerprint density at radius 1 is 1.25 bits per heavy atom. The molecule has 0 radical (unpaired) electrons. The third-order valence-electron chi connectivity index (χ3n) is 3.38. The van der Waals surface area contributed by atoms with E-state index in [1.54, 1.807) is 12.4 Å². The van der Waals surface area contributed by atoms with Crippen molar-refractivity contribution in [3.63, 3.8) is 0 Å². The number of hydrogen-bond acceptors (Lipinski definition) is 2. The van der Waals surface area contributed by atoms with Crippen LogP contribution in [-0.4, -0.2) is 16.1 Å². The molecule has 1 aromatic heterocycles. The Morgan fingerprint density at radius 3 is 2.70 bits per heavy atom. The molecular weight excluding hydrogens is 253 g/mol. The number of hydrogen-bond donors (Lipinski definition) is 1. The van der Waals surface area contributed by atoms with Gasteiger partial charge in [-0.1, -0.05) is 32.0 Å². The Kier molecular flexibility index (Phi) is 4.90. The summed E-state index contributed by atoms with van der Waals surface area (Å²) in [5.41, 5.74) is 1.76. The second-order valence-corrected chi connectivity index (χ2v) is 5.51. The van der Waals surface area contributed by atoms with Crippen molar-refractivity contribution in [1.29, 1.82) is 0 Å². The monoisotopic (exact) mass is 275 g/mol. The molecule has 0 fully saturated rings. The zero-order chi connectivity index (χ0) is 14.5. The van der Waals surface area contributed by atoms with Gasteiger partial charge in [0.2, 0.25) is 0 Å². The Morgan fingerprint density at radius 2 is 2.00 bits per heavy atom. The summed E-state index contributed by atoms with van der Waals surface area (Å²) in [7, 11) is 0. The Bertz CT molecular complexity index is 548. The van der Waals surface area contributed by atoms with Gasteiger partial charge < -0.3 is 9.88 Å². The van der Waals surface area contributed by atoms with Crippen molar-refractivity contribution >= 4 is 0 Å². The fourth-order valence-corrected chi connectivity index (χ4v) is 2.27. The molecule has 1 atom stereocenters. The molecule has 1 unspecified atom stereocenters. The highest BCUT2D eigenvalue weighted by Crippen LogP contribution is 2.22. The Labute approximate surface area is 119 Å². The first-order valence-electron chi connectivity index (χ1n) is 7.05. The first-order chi connectivity index (χ1) is 9.59. The van der Waals surface area contributed by atoms with Gasteiger partial charge >= 0.3 is 0 Å². The zero-order valence-corrected chi connectivity index (χ0v) is 12.3. The molecule has 2 aromatic rings. The van der Waals surface area contributed by atoms with Gasteiger partial charge in [0.05, 0.1) is 18.1 Å². The van der Waals surface area contributed by atoms with Gasteiger partial charge in [-0.25, -0.2) is 9.37 Å². The fourth-order valence-electron chi connectivity index (χ4n) is 2.27. The maximum atomic E-state index is 13.9. The molecule has 0 aliphatic heterocycles. The molecule has 0 aliphatic rings. The second-order valence-electron chi connectivity index (χ2n) is 5.51. The molecule has 1 aromatic carbocycles. The lowest BCUT2D eigenvalue weighted by molar-refractivity contribution is 0.513. The molecular formula is C16H22FN3. The van der Waals surface area contributed by atoms with Crippen LogP contribution < -0.4 is 5.32 Å². The van der Waals surface area contributed by atoms with Crippen LogP contribution in [0, 0.1) is 11.7 Å². The number of imidazole rings is 1. The smallest absolute Gasteiger partial charge is 0.128 e. The van der Waals surface area contributed by atoms with Gasteiger partial charge in [-0.05, 0) is 25.5 Å². The van der Waals surface area contributed by atoms with Crippen molar-refractivity contribution in [3.05, 3.63) is 53.9 Å². The van der Waals surface area contributed by atoms with Crippen LogP contribution in [0.5, 0.6) is 0 Å². The third kappa shape index (κ3) is 3.45. The zero-order valence-electron chi connectivity index (χ0n) is 12.3. The van der Waals surface area contributed by atoms with Crippen LogP contribution in [0.2, 0.25) is 0 Å². The minimum Gasteiger partial charge on any atom is -0.326 e. The Balaban J connectivity index is 2.13. The predicted octanol–water partition coefficient (Wildman–Crippen LogP) is 3.38. The molecule has 0 amide bonds. The van der Waals surface area contributed by atoms with Crippen LogP contribution in [0.15, 0.2) is 36.8 Å². The van der Waals surface area contributed by atoms with Crippen molar-refractivity contribution in [2.75, 3.05) is 6.54 Å². The van der Waals surface area contributed by atoms with E-state index in [9.17, 15) is 4.39 Å². The lowest BCUT2D eigenvalue weighted by Gasteiger charge is -2.18. The van der Waals surface area contributed by atoms with E-state index in [1.165, 1.54) is 6.07 Å². The van der Waals surface area contributed by atoms with E-state index in [4.69, 9.17) is 0 Å². The lowest BCUT2D eigenvalue weighted by atomic mass is 10.1. The molecule has 0 spiro atoms. The van der Waals surface area contributed by atoms with Gasteiger partial charge in [0.25, 0.3) is 0 Å². The molecule has 2 rings (SSSR count). The SMILES string of the molecule is CC(C)CNCc1cncn1C(C)c1ccccc1F. The number of rotatable bonds is 6. The van der Waals surface area contributed by atoms with E-state index < -0.39 is 0 Å². The van der Waals surface area contributed by atoms with Crippen molar-refractivity contribution in [1.82, 2.24) is 14.9 Å². The second kappa shape index (κ2) is 6.66. The van der Waals surface area contributed by atoms with Crippen LogP contribution in [0.1, 0.15) is 38.1 Å². The number of nitrogens with one attached hydrogen (secondary N) is 1. The fraction of sp³-hybridized carbons (Fsp3) is 0.438. The van der Waals surface area contributed by atoms with Crippen molar-refractivity contribution < 1.29 is 4.39 Å². The van der Waals surface area contributed by atoms with Crippen LogP contribution in [-0.2, 0) is 6.54 Å². The number of aromatic nitrogens is 2. The molecule has 108 valence electrons. The highest BCUT2D eigenvalue weighted by molar-refractivity contribution is 5.22. The van der Waals surface area contributed by atoms with Gasteiger partial charge in [0.1, 0.15) is 5.82 Å². The van der Waals surface area contributed by atoms with E-state index in [-0.39, 0.29) is 11.9 Å². The summed E-state index contributed by atoms with van der Waals surface area (Å²) in [4.78, 5) is 4.20. The van der Waals surface area contributed by atoms with Crippen LogP contribution in [0.4, 0.5) is 4.39 Å². The van der Waals surface area contributed by atoms with E-state index >= 15 is 0 Å². The van der Waals surface area contributed by atoms with Crippen LogP contribution >= 0.6 is 0 Å². The van der Waals surface area contributed by atoms with Gasteiger partial charge in [0.15, 0.2) is 0 Å². The average molecular weight is 275 g/mol. The van der Waals surface area contributed by atoms with Gasteiger partial charge in [0, 0.05) is 18.3 Å². The highest BCUT2D eigenvalue weighted by atomic mass is 19.1. The van der Waals surface area contributed by atoms with Crippen molar-refractivity contribution in [3.8, 4) is 0 Å². The summed E-state index contributed by atoms with van der Waals surface area (Å²) in [6.45, 7) is 8.04. The number of nitrogens with zero attached hydrogens (tertiary/aromatic N) is 2. The van der Waals surface area contributed by atoms with E-state index in [1.807, 2.05) is 29.8 Å². The first-order valence-corrected chi connectivity index (χ1v) is 7.05. The maximum absolute atomic E-state index is 13.9. The molecule has 1 N–H and O–H groups in total. The van der Waals surface area contributed by atoms with Crippen molar-refractivity contribution in [2.45, 2.75) is 33.4 Å². The Hall–Kier alpha value is -1.68. The number of halogens is 1. The normalized spacial score (nSPS) is 12.8. The molecule has 0 bridgehead atoms. The summed E-state index contributed by atoms with van der Waals surface area (Å²) < 4.78 is 15.9. The van der Waals surface area contributed by atoms with E-state index in [0.717, 1.165) is 18.8 Å². The van der Waals surface area contributed by atoms with Gasteiger partial charge in [-0.3, -0.25) is 0 Å². The molecule has 4 heteroatoms. The summed E-state index contributed by atoms with van der Waals surface area (Å²) in [6, 6.07) is 6.84. The molecule has 3 nitrogen and oxygen atoms in total. The molecule has 20 heavy (non-hydrogen) atoms. The minimum absolute atomic E-state index is 0.0606. The quantitative estimate of drug-likeness (QED) is 0.876. The molecule has 1 heterocycles. The van der Waals surface area contributed by atoms with Crippen LogP contribution in [0.25, 0.3) is 0 Å². The highest BCUT2D eigenvalue weighted by Gasteiger charge is 2.14. The van der Waals surface area contributed by atoms with Crippen LogP contribution in [0.3, 0.4) is 0 Å². The van der Waals surface area contributed by atoms with E-state index in [0.29, 0.717) is 11.5 Å². The molecule has 0 aliphatic carbocycles. The standard InChI is InChI=1S/C16H22FN3/c1-12(2)8-18-9-14-10-19-11-20(14)13(3)15-6-4-5-7-16(15)17/h4-7,10-13,18H,8-9H2,1-3H3. The van der Waals surface area contributed by atoms with Gasteiger partial charge in [-0.15, -0.1) is 0 Å². The largest absolute Gasteiger partial charge is 0.326 e. The summed E-state index contributed by atoms with van der Waals surface area (Å²) in [5.74, 6) is 0.435. The topological polar surface area (TPSA) is 29.9 Å². The molecule has 0 saturated heterocycles. The van der Waals surface area contributed by atoms with Gasteiger partial charge in [-0.2, -0.15) is 0 Å². The molecule has 0 saturated carbocycles. The minimum atomic E-state index is -0.171. The number of benzene rings is 1. The summed E-state index contributed by atoms with van der Waals surface area (Å²) >= 11 is 0. The van der Waals surface area contributed by atoms with E-state index in [2.05, 4.69) is 24.1 Å². The lowest BCUT2D eigenvalue weighted by Crippen LogP contribution is -2.22. The summed E-state index contributed by atoms with van der Waals surface area (Å²) in [6.07, 6.45) is 3.61. The predicted molar refractivity (Wildman–Crippen MR) is 79.0 cm³/mol. The third-order valence-corrected chi connectivity index (χ3v) is 3.38. The summed E-state index contributed by atoms with van der Waals surface area (Å²) in [5, 5.41) is 3.39. The average Bonchev–Trinajstić information content (AvgIpc) is 2.86. The first kappa shape index (κ1) is 14.7. The maximum Gasteiger partial charge on any atom is 0.128 e. The van der Waals surface area contributed by atoms with Crippen molar-refractivity contribution in [2.24, 2.45) is 5.92 Å².